The highest BCUT2D eigenvalue weighted by molar-refractivity contribution is 5.85. The van der Waals surface area contributed by atoms with E-state index in [1.807, 2.05) is 11.9 Å². The molecular formula is C12H27ClN2O2. The Bertz CT molecular complexity index is 187. The average Bonchev–Trinajstić information content (AvgIpc) is 2.31. The van der Waals surface area contributed by atoms with Crippen molar-refractivity contribution >= 4 is 18.3 Å². The standard InChI is InChI=1S/C12H26N2O2.ClH/c1-5-11(6-2)14(9-10-16-4)12(15)7-8-13-3;/h11,13H,5-10H2,1-4H3;1H. The number of hydrogen-bond acceptors (Lipinski definition) is 3. The Hall–Kier alpha value is -0.320. The smallest absolute Gasteiger partial charge is 0.224 e. The van der Waals surface area contributed by atoms with Gasteiger partial charge in [-0.3, -0.25) is 4.79 Å². The van der Waals surface area contributed by atoms with Crippen molar-refractivity contribution in [2.75, 3.05) is 33.9 Å². The fourth-order valence-corrected chi connectivity index (χ4v) is 1.81. The van der Waals surface area contributed by atoms with Gasteiger partial charge in [-0.15, -0.1) is 12.4 Å². The van der Waals surface area contributed by atoms with Crippen molar-refractivity contribution in [3.05, 3.63) is 0 Å². The largest absolute Gasteiger partial charge is 0.383 e. The van der Waals surface area contributed by atoms with Crippen LogP contribution in [-0.2, 0) is 9.53 Å². The zero-order valence-electron chi connectivity index (χ0n) is 11.5. The monoisotopic (exact) mass is 266 g/mol. The Morgan fingerprint density at radius 1 is 1.35 bits per heavy atom. The summed E-state index contributed by atoms with van der Waals surface area (Å²) in [5, 5.41) is 3.01. The lowest BCUT2D eigenvalue weighted by Crippen LogP contribution is -2.42. The van der Waals surface area contributed by atoms with E-state index in [4.69, 9.17) is 4.74 Å². The Kier molecular flexibility index (Phi) is 13.6. The Morgan fingerprint density at radius 2 is 1.94 bits per heavy atom. The van der Waals surface area contributed by atoms with Gasteiger partial charge in [0, 0.05) is 32.7 Å². The molecule has 0 aromatic carbocycles. The number of methoxy groups -OCH3 is 1. The molecule has 0 heterocycles. The van der Waals surface area contributed by atoms with Gasteiger partial charge in [-0.05, 0) is 19.9 Å². The van der Waals surface area contributed by atoms with Gasteiger partial charge in [0.25, 0.3) is 0 Å². The van der Waals surface area contributed by atoms with Crippen LogP contribution in [0.15, 0.2) is 0 Å². The highest BCUT2D eigenvalue weighted by atomic mass is 35.5. The van der Waals surface area contributed by atoms with Crippen LogP contribution in [0.25, 0.3) is 0 Å². The number of hydrogen-bond donors (Lipinski definition) is 1. The first-order chi connectivity index (χ1) is 7.71. The van der Waals surface area contributed by atoms with Crippen molar-refractivity contribution in [3.8, 4) is 0 Å². The fourth-order valence-electron chi connectivity index (χ4n) is 1.81. The van der Waals surface area contributed by atoms with Crippen LogP contribution in [-0.4, -0.2) is 50.7 Å². The first-order valence-corrected chi connectivity index (χ1v) is 6.14. The molecule has 0 fully saturated rings. The SMILES string of the molecule is CCC(CC)N(CCOC)C(=O)CCNC.Cl. The summed E-state index contributed by atoms with van der Waals surface area (Å²) in [7, 11) is 3.53. The molecule has 0 atom stereocenters. The topological polar surface area (TPSA) is 41.6 Å². The fraction of sp³-hybridized carbons (Fsp3) is 0.917. The minimum Gasteiger partial charge on any atom is -0.383 e. The van der Waals surface area contributed by atoms with E-state index in [0.29, 0.717) is 25.6 Å². The highest BCUT2D eigenvalue weighted by Crippen LogP contribution is 2.09. The third-order valence-electron chi connectivity index (χ3n) is 2.83. The summed E-state index contributed by atoms with van der Waals surface area (Å²) in [6.45, 7) is 6.30. The molecule has 0 saturated heterocycles. The van der Waals surface area contributed by atoms with Gasteiger partial charge in [0.15, 0.2) is 0 Å². The maximum Gasteiger partial charge on any atom is 0.224 e. The Balaban J connectivity index is 0. The van der Waals surface area contributed by atoms with E-state index < -0.39 is 0 Å². The van der Waals surface area contributed by atoms with E-state index in [0.717, 1.165) is 19.4 Å². The zero-order chi connectivity index (χ0) is 12.4. The van der Waals surface area contributed by atoms with Crippen LogP contribution >= 0.6 is 12.4 Å². The molecule has 0 rings (SSSR count). The molecule has 0 saturated carbocycles. The van der Waals surface area contributed by atoms with Crippen molar-refractivity contribution in [1.82, 2.24) is 10.2 Å². The molecule has 0 aliphatic carbocycles. The van der Waals surface area contributed by atoms with E-state index in [2.05, 4.69) is 19.2 Å². The van der Waals surface area contributed by atoms with Crippen LogP contribution in [0, 0.1) is 0 Å². The Morgan fingerprint density at radius 3 is 2.35 bits per heavy atom. The van der Waals surface area contributed by atoms with Crippen molar-refractivity contribution in [2.24, 2.45) is 0 Å². The van der Waals surface area contributed by atoms with Crippen molar-refractivity contribution in [3.63, 3.8) is 0 Å². The van der Waals surface area contributed by atoms with Gasteiger partial charge in [-0.1, -0.05) is 13.8 Å². The second-order valence-electron chi connectivity index (χ2n) is 3.90. The number of carbonyl (C=O) groups is 1. The van der Waals surface area contributed by atoms with Crippen LogP contribution in [0.5, 0.6) is 0 Å². The second kappa shape index (κ2) is 12.1. The number of nitrogens with zero attached hydrogens (tertiary/aromatic N) is 1. The van der Waals surface area contributed by atoms with E-state index in [1.54, 1.807) is 7.11 Å². The first-order valence-electron chi connectivity index (χ1n) is 6.14. The molecule has 0 unspecified atom stereocenters. The van der Waals surface area contributed by atoms with Gasteiger partial charge in [-0.2, -0.15) is 0 Å². The van der Waals surface area contributed by atoms with E-state index >= 15 is 0 Å². The maximum atomic E-state index is 12.0. The van der Waals surface area contributed by atoms with E-state index in [1.165, 1.54) is 0 Å². The molecule has 4 nitrogen and oxygen atoms in total. The van der Waals surface area contributed by atoms with Crippen LogP contribution < -0.4 is 5.32 Å². The maximum absolute atomic E-state index is 12.0. The molecule has 1 N–H and O–H groups in total. The zero-order valence-corrected chi connectivity index (χ0v) is 12.3. The van der Waals surface area contributed by atoms with Crippen molar-refractivity contribution in [2.45, 2.75) is 39.2 Å². The van der Waals surface area contributed by atoms with Gasteiger partial charge in [-0.25, -0.2) is 0 Å². The number of rotatable bonds is 9. The second-order valence-corrected chi connectivity index (χ2v) is 3.90. The summed E-state index contributed by atoms with van der Waals surface area (Å²) in [4.78, 5) is 14.0. The van der Waals surface area contributed by atoms with Crippen molar-refractivity contribution in [1.29, 1.82) is 0 Å². The number of nitrogens with one attached hydrogen (secondary N) is 1. The quantitative estimate of drug-likeness (QED) is 0.690. The van der Waals surface area contributed by atoms with Crippen LogP contribution in [0.1, 0.15) is 33.1 Å². The summed E-state index contributed by atoms with van der Waals surface area (Å²) in [6, 6.07) is 0.347. The molecule has 1 amide bonds. The molecular weight excluding hydrogens is 240 g/mol. The predicted octanol–water partition coefficient (Wildman–Crippen LogP) is 1.68. The average molecular weight is 267 g/mol. The normalized spacial score (nSPS) is 10.2. The Labute approximate surface area is 111 Å². The van der Waals surface area contributed by atoms with Gasteiger partial charge >= 0.3 is 0 Å². The van der Waals surface area contributed by atoms with Crippen LogP contribution in [0.2, 0.25) is 0 Å². The summed E-state index contributed by atoms with van der Waals surface area (Å²) < 4.78 is 5.06. The molecule has 0 aromatic rings. The highest BCUT2D eigenvalue weighted by Gasteiger charge is 2.19. The molecule has 17 heavy (non-hydrogen) atoms. The van der Waals surface area contributed by atoms with Crippen LogP contribution in [0.4, 0.5) is 0 Å². The van der Waals surface area contributed by atoms with Gasteiger partial charge in [0.1, 0.15) is 0 Å². The molecule has 0 aliphatic heterocycles. The molecule has 0 bridgehead atoms. The molecule has 0 radical (unpaired) electrons. The third kappa shape index (κ3) is 7.58. The molecule has 104 valence electrons. The third-order valence-corrected chi connectivity index (χ3v) is 2.83. The minimum absolute atomic E-state index is 0. The summed E-state index contributed by atoms with van der Waals surface area (Å²) in [5.41, 5.74) is 0. The van der Waals surface area contributed by atoms with E-state index in [-0.39, 0.29) is 18.3 Å². The number of halogens is 1. The number of ether oxygens (including phenoxy) is 1. The molecule has 5 heteroatoms. The lowest BCUT2D eigenvalue weighted by Gasteiger charge is -2.30. The van der Waals surface area contributed by atoms with E-state index in [9.17, 15) is 4.79 Å². The summed E-state index contributed by atoms with van der Waals surface area (Å²) in [5.74, 6) is 0.222. The summed E-state index contributed by atoms with van der Waals surface area (Å²) in [6.07, 6.45) is 2.58. The lowest BCUT2D eigenvalue weighted by atomic mass is 10.1. The van der Waals surface area contributed by atoms with Gasteiger partial charge < -0.3 is 15.0 Å². The van der Waals surface area contributed by atoms with Gasteiger partial charge in [0.05, 0.1) is 6.61 Å². The summed E-state index contributed by atoms with van der Waals surface area (Å²) >= 11 is 0. The van der Waals surface area contributed by atoms with Gasteiger partial charge in [0.2, 0.25) is 5.91 Å². The molecule has 0 spiro atoms. The predicted molar refractivity (Wildman–Crippen MR) is 73.8 cm³/mol. The number of amides is 1. The first kappa shape index (κ1) is 19.0. The molecule has 0 aliphatic rings. The van der Waals surface area contributed by atoms with Crippen LogP contribution in [0.3, 0.4) is 0 Å². The minimum atomic E-state index is 0. The molecule has 0 aromatic heterocycles. The number of carbonyl (C=O) groups excluding carboxylic acids is 1. The lowest BCUT2D eigenvalue weighted by molar-refractivity contribution is -0.134. The van der Waals surface area contributed by atoms with Crippen molar-refractivity contribution < 1.29 is 9.53 Å².